The van der Waals surface area contributed by atoms with Gasteiger partial charge in [0.2, 0.25) is 0 Å². The van der Waals surface area contributed by atoms with Crippen LogP contribution in [0.1, 0.15) is 29.5 Å². The number of nitrogens with zero attached hydrogens (tertiary/aromatic N) is 1. The molecule has 0 bridgehead atoms. The quantitative estimate of drug-likeness (QED) is 0.500. The molecule has 0 fully saturated rings. The van der Waals surface area contributed by atoms with Crippen molar-refractivity contribution in [1.29, 1.82) is 0 Å². The smallest absolute Gasteiger partial charge is 0.275 e. The second-order valence-electron chi connectivity index (χ2n) is 6.58. The molecule has 1 aliphatic heterocycles. The number of nitro benzene ring substituents is 1. The second kappa shape index (κ2) is 6.37. The molecule has 1 aliphatic carbocycles. The lowest BCUT2D eigenvalue weighted by Crippen LogP contribution is -2.30. The molecule has 0 saturated carbocycles. The van der Waals surface area contributed by atoms with Gasteiger partial charge in [-0.15, -0.1) is 0 Å². The summed E-state index contributed by atoms with van der Waals surface area (Å²) in [5, 5.41) is 15.1. The number of nitro groups is 1. The summed E-state index contributed by atoms with van der Waals surface area (Å²) in [5.41, 5.74) is 2.66. The molecule has 6 nitrogen and oxygen atoms in total. The number of benzene rings is 2. The summed E-state index contributed by atoms with van der Waals surface area (Å²) in [4.78, 5) is 11.3. The molecule has 3 unspecified atom stereocenters. The summed E-state index contributed by atoms with van der Waals surface area (Å²) >= 11 is 0. The number of hydrogen-bond donors (Lipinski definition) is 1. The van der Waals surface area contributed by atoms with E-state index < -0.39 is 0 Å². The fourth-order valence-electron chi connectivity index (χ4n) is 4.16. The van der Waals surface area contributed by atoms with Crippen LogP contribution in [0.5, 0.6) is 11.5 Å². The molecule has 0 saturated heterocycles. The molecule has 4 rings (SSSR count). The molecule has 0 radical (unpaired) electrons. The van der Waals surface area contributed by atoms with Crippen molar-refractivity contribution >= 4 is 11.4 Å². The van der Waals surface area contributed by atoms with E-state index in [1.54, 1.807) is 20.3 Å². The van der Waals surface area contributed by atoms with E-state index in [-0.39, 0.29) is 28.5 Å². The third-order valence-corrected chi connectivity index (χ3v) is 5.33. The zero-order valence-corrected chi connectivity index (χ0v) is 14.6. The molecule has 0 spiro atoms. The minimum atomic E-state index is -0.310. The molecule has 0 aromatic heterocycles. The van der Waals surface area contributed by atoms with Crippen LogP contribution in [-0.4, -0.2) is 19.1 Å². The highest BCUT2D eigenvalue weighted by Gasteiger charge is 2.42. The molecule has 1 heterocycles. The first kappa shape index (κ1) is 16.4. The average Bonchev–Trinajstić information content (AvgIpc) is 3.16. The minimum Gasteiger partial charge on any atom is -0.497 e. The van der Waals surface area contributed by atoms with E-state index in [0.29, 0.717) is 17.0 Å². The van der Waals surface area contributed by atoms with Gasteiger partial charge in [-0.2, -0.15) is 0 Å². The van der Waals surface area contributed by atoms with Crippen LogP contribution in [0.3, 0.4) is 0 Å². The first-order valence-corrected chi connectivity index (χ1v) is 8.56. The zero-order valence-electron chi connectivity index (χ0n) is 14.6. The Morgan fingerprint density at radius 3 is 2.77 bits per heavy atom. The fourth-order valence-corrected chi connectivity index (χ4v) is 4.16. The maximum absolute atomic E-state index is 11.6. The molecule has 2 aliphatic rings. The Bertz CT molecular complexity index is 893. The molecule has 6 heteroatoms. The van der Waals surface area contributed by atoms with Gasteiger partial charge >= 0.3 is 0 Å². The summed E-state index contributed by atoms with van der Waals surface area (Å²) in [5.74, 6) is 1.61. The van der Waals surface area contributed by atoms with Gasteiger partial charge in [0.15, 0.2) is 0 Å². The Labute approximate surface area is 151 Å². The molecule has 1 N–H and O–H groups in total. The van der Waals surface area contributed by atoms with Gasteiger partial charge in [0.25, 0.3) is 5.69 Å². The van der Waals surface area contributed by atoms with Gasteiger partial charge in [-0.1, -0.05) is 24.3 Å². The van der Waals surface area contributed by atoms with E-state index in [1.165, 1.54) is 6.07 Å². The first-order chi connectivity index (χ1) is 12.6. The third-order valence-electron chi connectivity index (χ3n) is 5.33. The van der Waals surface area contributed by atoms with Crippen LogP contribution >= 0.6 is 0 Å². The van der Waals surface area contributed by atoms with Crippen LogP contribution in [0.2, 0.25) is 0 Å². The van der Waals surface area contributed by atoms with E-state index in [2.05, 4.69) is 23.5 Å². The van der Waals surface area contributed by atoms with Crippen LogP contribution in [0.4, 0.5) is 11.4 Å². The first-order valence-electron chi connectivity index (χ1n) is 8.56. The topological polar surface area (TPSA) is 73.6 Å². The number of nitrogens with one attached hydrogen (secondary N) is 1. The standard InChI is InChI=1S/C20H20N2O4/c1-25-13-6-3-5-12(11-13)19-15-8-4-7-14(15)18-16(22(23)24)9-10-17(26-2)20(18)21-19/h3-7,9-11,14-15,19,21H,8H2,1-2H3. The molecule has 134 valence electrons. The maximum Gasteiger partial charge on any atom is 0.275 e. The highest BCUT2D eigenvalue weighted by atomic mass is 16.6. The normalized spacial score (nSPS) is 22.9. The van der Waals surface area contributed by atoms with Crippen molar-refractivity contribution in [2.75, 3.05) is 19.5 Å². The summed E-state index contributed by atoms with van der Waals surface area (Å²) < 4.78 is 10.9. The monoisotopic (exact) mass is 352 g/mol. The lowest BCUT2D eigenvalue weighted by Gasteiger charge is -2.37. The van der Waals surface area contributed by atoms with Crippen LogP contribution in [0.15, 0.2) is 48.6 Å². The predicted octanol–water partition coefficient (Wildman–Crippen LogP) is 4.44. The summed E-state index contributed by atoms with van der Waals surface area (Å²) in [6.07, 6.45) is 5.07. The third kappa shape index (κ3) is 2.49. The van der Waals surface area contributed by atoms with Crippen molar-refractivity contribution in [3.8, 4) is 11.5 Å². The molecule has 3 atom stereocenters. The van der Waals surface area contributed by atoms with E-state index in [9.17, 15) is 10.1 Å². The number of rotatable bonds is 4. The molecule has 0 amide bonds. The van der Waals surface area contributed by atoms with Crippen LogP contribution in [-0.2, 0) is 0 Å². The summed E-state index contributed by atoms with van der Waals surface area (Å²) in [7, 11) is 3.23. The fraction of sp³-hybridized carbons (Fsp3) is 0.300. The Kier molecular flexibility index (Phi) is 4.03. The molecule has 2 aromatic carbocycles. The van der Waals surface area contributed by atoms with Gasteiger partial charge in [-0.05, 0) is 36.1 Å². The lowest BCUT2D eigenvalue weighted by molar-refractivity contribution is -0.385. The van der Waals surface area contributed by atoms with Crippen LogP contribution in [0, 0.1) is 16.0 Å². The Morgan fingerprint density at radius 1 is 1.19 bits per heavy atom. The van der Waals surface area contributed by atoms with Crippen LogP contribution in [0.25, 0.3) is 0 Å². The number of fused-ring (bicyclic) bond motifs is 3. The van der Waals surface area contributed by atoms with Gasteiger partial charge in [0, 0.05) is 12.0 Å². The minimum absolute atomic E-state index is 0.0158. The average molecular weight is 352 g/mol. The lowest BCUT2D eigenvalue weighted by atomic mass is 9.76. The number of anilines is 1. The molecular formula is C20H20N2O4. The van der Waals surface area contributed by atoms with Crippen molar-refractivity contribution in [1.82, 2.24) is 0 Å². The second-order valence-corrected chi connectivity index (χ2v) is 6.58. The SMILES string of the molecule is COc1cccc(C2Nc3c(OC)ccc([N+](=O)[O-])c3C3C=CCC32)c1. The molecule has 26 heavy (non-hydrogen) atoms. The summed E-state index contributed by atoms with van der Waals surface area (Å²) in [6, 6.07) is 11.2. The van der Waals surface area contributed by atoms with Crippen molar-refractivity contribution in [3.05, 3.63) is 69.8 Å². The van der Waals surface area contributed by atoms with E-state index in [4.69, 9.17) is 9.47 Å². The van der Waals surface area contributed by atoms with E-state index in [1.807, 2.05) is 18.2 Å². The molecular weight excluding hydrogens is 332 g/mol. The van der Waals surface area contributed by atoms with Gasteiger partial charge in [0.05, 0.1) is 36.4 Å². The van der Waals surface area contributed by atoms with Gasteiger partial charge in [-0.25, -0.2) is 0 Å². The van der Waals surface area contributed by atoms with Crippen LogP contribution < -0.4 is 14.8 Å². The highest BCUT2D eigenvalue weighted by Crippen LogP contribution is 2.55. The number of hydrogen-bond acceptors (Lipinski definition) is 5. The largest absolute Gasteiger partial charge is 0.497 e. The molecule has 2 aromatic rings. The predicted molar refractivity (Wildman–Crippen MR) is 99.0 cm³/mol. The van der Waals surface area contributed by atoms with Crippen molar-refractivity contribution in [3.63, 3.8) is 0 Å². The van der Waals surface area contributed by atoms with E-state index >= 15 is 0 Å². The Hall–Kier alpha value is -3.02. The Morgan fingerprint density at radius 2 is 2.04 bits per heavy atom. The summed E-state index contributed by atoms with van der Waals surface area (Å²) in [6.45, 7) is 0. The van der Waals surface area contributed by atoms with Gasteiger partial charge in [0.1, 0.15) is 11.5 Å². The Balaban J connectivity index is 1.87. The number of allylic oxidation sites excluding steroid dienone is 2. The van der Waals surface area contributed by atoms with Crippen molar-refractivity contribution < 1.29 is 14.4 Å². The maximum atomic E-state index is 11.6. The van der Waals surface area contributed by atoms with Crippen molar-refractivity contribution in [2.24, 2.45) is 5.92 Å². The van der Waals surface area contributed by atoms with Crippen molar-refractivity contribution in [2.45, 2.75) is 18.4 Å². The zero-order chi connectivity index (χ0) is 18.3. The number of ether oxygens (including phenoxy) is 2. The van der Waals surface area contributed by atoms with E-state index in [0.717, 1.165) is 17.7 Å². The highest BCUT2D eigenvalue weighted by molar-refractivity contribution is 5.73. The van der Waals surface area contributed by atoms with Gasteiger partial charge in [-0.3, -0.25) is 10.1 Å². The van der Waals surface area contributed by atoms with Gasteiger partial charge < -0.3 is 14.8 Å². The number of methoxy groups -OCH3 is 2.